The lowest BCUT2D eigenvalue weighted by atomic mass is 10.0. The first kappa shape index (κ1) is 87.6. The molecule has 0 bridgehead atoms. The number of aliphatic hydroxyl groups excluding tert-OH is 1. The van der Waals surface area contributed by atoms with Crippen molar-refractivity contribution in [3.8, 4) is 0 Å². The third-order valence-corrected chi connectivity index (χ3v) is 16.6. The molecule has 8 nitrogen and oxygen atoms in total. The van der Waals surface area contributed by atoms with Crippen LogP contribution in [0, 0.1) is 0 Å². The van der Waals surface area contributed by atoms with Crippen LogP contribution in [0.15, 0.2) is 182 Å². The van der Waals surface area contributed by atoms with E-state index in [-0.39, 0.29) is 25.5 Å². The Morgan fingerprint density at radius 1 is 0.380 bits per heavy atom. The molecular formula is C83H140N2O6P+. The Morgan fingerprint density at radius 2 is 0.663 bits per heavy atom. The molecule has 3 unspecified atom stereocenters. The highest BCUT2D eigenvalue weighted by Crippen LogP contribution is 2.43. The lowest BCUT2D eigenvalue weighted by molar-refractivity contribution is -0.870. The Balaban J connectivity index is 4.27. The zero-order valence-corrected chi connectivity index (χ0v) is 60.6. The molecule has 1 amide bonds. The summed E-state index contributed by atoms with van der Waals surface area (Å²) in [5, 5.41) is 14.0. The number of likely N-dealkylation sites (N-methyl/N-ethyl adjacent to an activating group) is 1. The van der Waals surface area contributed by atoms with E-state index in [1.54, 1.807) is 6.08 Å². The van der Waals surface area contributed by atoms with Crippen LogP contribution in [0.5, 0.6) is 0 Å². The molecule has 0 saturated carbocycles. The van der Waals surface area contributed by atoms with Gasteiger partial charge in [-0.1, -0.05) is 325 Å². The smallest absolute Gasteiger partial charge is 0.387 e. The third-order valence-electron chi connectivity index (χ3n) is 15.6. The van der Waals surface area contributed by atoms with Gasteiger partial charge in [0, 0.05) is 6.42 Å². The van der Waals surface area contributed by atoms with Crippen molar-refractivity contribution in [2.75, 3.05) is 40.9 Å². The number of phosphoric acid groups is 1. The minimum atomic E-state index is -4.39. The average Bonchev–Trinajstić information content (AvgIpc) is 2.63. The number of carbonyl (C=O) groups is 1. The third kappa shape index (κ3) is 73.0. The van der Waals surface area contributed by atoms with Gasteiger partial charge in [0.25, 0.3) is 0 Å². The van der Waals surface area contributed by atoms with E-state index in [1.807, 2.05) is 27.2 Å². The SMILES string of the molecule is CC/C=C\C/C=C\C/C=C\C/C=C\C/C=C\C/C=C\C/C=C\C/C=C\C/C=C\C/C=C\C/C=C\C/C=C\CCCCC(=O)NC(COP(=O)(O)OCC[N+](C)(C)C)C(O)/C=C/CC/C=C/CC/C=C/CCCCCCCCCCCCCCCCCCCCCCC. The van der Waals surface area contributed by atoms with Crippen molar-refractivity contribution in [3.63, 3.8) is 0 Å². The second-order valence-electron chi connectivity index (χ2n) is 25.6. The normalized spacial score (nSPS) is 14.6. The average molecular weight is 1290 g/mol. The number of quaternary nitrogens is 1. The van der Waals surface area contributed by atoms with Crippen LogP contribution in [0.4, 0.5) is 0 Å². The summed E-state index contributed by atoms with van der Waals surface area (Å²) in [7, 11) is 1.49. The van der Waals surface area contributed by atoms with Crippen molar-refractivity contribution >= 4 is 13.7 Å². The maximum absolute atomic E-state index is 13.0. The van der Waals surface area contributed by atoms with E-state index in [1.165, 1.54) is 141 Å². The van der Waals surface area contributed by atoms with Crippen LogP contribution in [-0.2, 0) is 18.4 Å². The van der Waals surface area contributed by atoms with Gasteiger partial charge in [-0.25, -0.2) is 4.57 Å². The van der Waals surface area contributed by atoms with Crippen molar-refractivity contribution in [2.45, 2.75) is 296 Å². The zero-order valence-electron chi connectivity index (χ0n) is 59.7. The fourth-order valence-corrected chi connectivity index (χ4v) is 10.6. The summed E-state index contributed by atoms with van der Waals surface area (Å²) in [4.78, 5) is 23.4. The molecule has 0 aliphatic heterocycles. The maximum Gasteiger partial charge on any atom is 0.472 e. The van der Waals surface area contributed by atoms with Gasteiger partial charge in [-0.15, -0.1) is 0 Å². The number of phosphoric ester groups is 1. The minimum absolute atomic E-state index is 0.0349. The number of nitrogens with zero attached hydrogens (tertiary/aromatic N) is 1. The molecule has 3 atom stereocenters. The fraction of sp³-hybridized carbons (Fsp3) is 0.627. The standard InChI is InChI=1S/C83H139N2O6P/c1-6-8-10-12-14-16-18-20-22-24-26-28-30-32-34-36-38-39-40-41-42-43-44-45-47-49-51-53-55-57-59-61-63-65-67-69-71-73-75-77-83(87)84-81(80-91-92(88,89)90-79-78-85(3,4)5)82(86)76-74-72-70-68-66-64-62-60-58-56-54-52-50-48-46-37-35-33-31-29-27-25-23-21-19-17-15-13-11-9-7-2/h8,10,14,16,20,22,26,28,32,34,38-39,41-42,44-45,49,51,55,57-58,60-61,63,66-69,74,76,81-82,86H,6-7,9,11-13,15,17-19,21,23-25,27,29-31,33,35-37,40,43,46-48,50,52-54,56,59,62,64-65,70-73,75,77-80H2,1-5H3,(H-,84,87,88,89)/p+1/b10-8-,16-14-,22-20-,28-26-,34-32-,39-38-,42-41-,45-44-,51-49-,57-55-,60-58+,63-61-,68-66+,69-67-,76-74+. The molecule has 0 aromatic heterocycles. The topological polar surface area (TPSA) is 105 Å². The molecule has 0 radical (unpaired) electrons. The number of rotatable bonds is 66. The van der Waals surface area contributed by atoms with Crippen molar-refractivity contribution in [3.05, 3.63) is 182 Å². The van der Waals surface area contributed by atoms with Gasteiger partial charge in [0.2, 0.25) is 5.91 Å². The summed E-state index contributed by atoms with van der Waals surface area (Å²) in [6, 6.07) is -0.910. The van der Waals surface area contributed by atoms with Gasteiger partial charge in [0.1, 0.15) is 13.2 Å². The first-order valence-electron chi connectivity index (χ1n) is 37.2. The van der Waals surface area contributed by atoms with E-state index < -0.39 is 20.0 Å². The number of allylic oxidation sites excluding steroid dienone is 29. The lowest BCUT2D eigenvalue weighted by Gasteiger charge is -2.25. The number of amides is 1. The zero-order chi connectivity index (χ0) is 66.9. The predicted octanol–water partition coefficient (Wildman–Crippen LogP) is 24.4. The van der Waals surface area contributed by atoms with Crippen molar-refractivity contribution in [1.82, 2.24) is 5.32 Å². The summed E-state index contributed by atoms with van der Waals surface area (Å²) in [6.07, 6.45) is 114. The van der Waals surface area contributed by atoms with Crippen molar-refractivity contribution < 1.29 is 32.9 Å². The Bertz CT molecular complexity index is 2160. The number of aliphatic hydroxyl groups is 1. The highest BCUT2D eigenvalue weighted by molar-refractivity contribution is 7.47. The number of hydrogen-bond acceptors (Lipinski definition) is 5. The molecule has 3 N–H and O–H groups in total. The van der Waals surface area contributed by atoms with E-state index in [9.17, 15) is 19.4 Å². The molecule has 522 valence electrons. The van der Waals surface area contributed by atoms with E-state index in [4.69, 9.17) is 9.05 Å². The molecule has 0 fully saturated rings. The summed E-state index contributed by atoms with van der Waals surface area (Å²) < 4.78 is 23.8. The number of hydrogen-bond donors (Lipinski definition) is 3. The molecule has 9 heteroatoms. The molecule has 0 heterocycles. The van der Waals surface area contributed by atoms with Crippen LogP contribution in [0.3, 0.4) is 0 Å². The molecule has 0 spiro atoms. The van der Waals surface area contributed by atoms with Crippen LogP contribution >= 0.6 is 7.82 Å². The Kier molecular flexibility index (Phi) is 67.5. The molecule has 0 aromatic rings. The van der Waals surface area contributed by atoms with Gasteiger partial charge in [0.05, 0.1) is 39.9 Å². The van der Waals surface area contributed by atoms with Crippen LogP contribution in [0.1, 0.15) is 284 Å². The van der Waals surface area contributed by atoms with E-state index in [0.29, 0.717) is 17.4 Å². The quantitative estimate of drug-likeness (QED) is 0.0243. The van der Waals surface area contributed by atoms with E-state index >= 15 is 0 Å². The first-order valence-corrected chi connectivity index (χ1v) is 38.7. The molecule has 92 heavy (non-hydrogen) atoms. The van der Waals surface area contributed by atoms with Gasteiger partial charge in [-0.3, -0.25) is 13.8 Å². The Hall–Kier alpha value is -4.40. The van der Waals surface area contributed by atoms with Gasteiger partial charge in [-0.05, 0) is 135 Å². The van der Waals surface area contributed by atoms with E-state index in [0.717, 1.165) is 116 Å². The number of carbonyl (C=O) groups excluding carboxylic acids is 1. The molecular weight excluding hydrogens is 1150 g/mol. The molecule has 0 saturated heterocycles. The molecule has 0 aromatic carbocycles. The maximum atomic E-state index is 13.0. The summed E-state index contributed by atoms with van der Waals surface area (Å²) in [5.74, 6) is -0.239. The second-order valence-corrected chi connectivity index (χ2v) is 27.0. The highest BCUT2D eigenvalue weighted by Gasteiger charge is 2.28. The minimum Gasteiger partial charge on any atom is -0.387 e. The van der Waals surface area contributed by atoms with Crippen molar-refractivity contribution in [1.29, 1.82) is 0 Å². The summed E-state index contributed by atoms with van der Waals surface area (Å²) >= 11 is 0. The van der Waals surface area contributed by atoms with Gasteiger partial charge >= 0.3 is 7.82 Å². The Labute approximate surface area is 567 Å². The van der Waals surface area contributed by atoms with Gasteiger partial charge in [-0.2, -0.15) is 0 Å². The summed E-state index contributed by atoms with van der Waals surface area (Å²) in [6.45, 7) is 4.64. The van der Waals surface area contributed by atoms with Crippen LogP contribution in [-0.4, -0.2) is 73.4 Å². The molecule has 0 aliphatic carbocycles. The first-order chi connectivity index (χ1) is 45.0. The Morgan fingerprint density at radius 3 is 1.00 bits per heavy atom. The second kappa shape index (κ2) is 70.9. The highest BCUT2D eigenvalue weighted by atomic mass is 31.2. The van der Waals surface area contributed by atoms with Crippen LogP contribution in [0.25, 0.3) is 0 Å². The van der Waals surface area contributed by atoms with Crippen LogP contribution in [0.2, 0.25) is 0 Å². The van der Waals surface area contributed by atoms with Crippen LogP contribution < -0.4 is 5.32 Å². The van der Waals surface area contributed by atoms with Crippen molar-refractivity contribution in [2.24, 2.45) is 0 Å². The summed E-state index contributed by atoms with van der Waals surface area (Å²) in [5.41, 5.74) is 0. The lowest BCUT2D eigenvalue weighted by Crippen LogP contribution is -2.45. The molecule has 0 rings (SSSR count). The monoisotopic (exact) mass is 1290 g/mol. The largest absolute Gasteiger partial charge is 0.472 e. The van der Waals surface area contributed by atoms with Gasteiger partial charge in [0.15, 0.2) is 0 Å². The predicted molar refractivity (Wildman–Crippen MR) is 405 cm³/mol. The fourth-order valence-electron chi connectivity index (χ4n) is 9.88. The van der Waals surface area contributed by atoms with Gasteiger partial charge < -0.3 is 19.8 Å². The number of unbranched alkanes of at least 4 members (excludes halogenated alkanes) is 25. The molecule has 0 aliphatic rings. The number of nitrogens with one attached hydrogen (secondary N) is 1. The van der Waals surface area contributed by atoms with E-state index in [2.05, 4.69) is 189 Å².